The molecule has 0 unspecified atom stereocenters. The second kappa shape index (κ2) is 9.94. The summed E-state index contributed by atoms with van der Waals surface area (Å²) in [7, 11) is 0. The molecule has 2 aromatic heterocycles. The van der Waals surface area contributed by atoms with Crippen LogP contribution in [-0.2, 0) is 0 Å². The summed E-state index contributed by atoms with van der Waals surface area (Å²) < 4.78 is 6.09. The van der Waals surface area contributed by atoms with E-state index in [2.05, 4.69) is 62.3 Å². The molecule has 1 fully saturated rings. The second-order valence-electron chi connectivity index (χ2n) is 7.07. The molecule has 2 aromatic carbocycles. The van der Waals surface area contributed by atoms with Crippen LogP contribution in [0.3, 0.4) is 0 Å². The minimum atomic E-state index is 0. The number of anilines is 1. The van der Waals surface area contributed by atoms with Crippen LogP contribution in [0.25, 0.3) is 28.1 Å². The average Bonchev–Trinajstić information content (AvgIpc) is 3.14. The molecule has 0 atom stereocenters. The molecule has 3 heterocycles. The van der Waals surface area contributed by atoms with Crippen LogP contribution in [0.4, 0.5) is 5.82 Å². The number of benzene rings is 2. The number of rotatable bonds is 4. The normalized spacial score (nSPS) is 14.7. The van der Waals surface area contributed by atoms with Crippen molar-refractivity contribution in [2.45, 2.75) is 0 Å². The Bertz CT molecular complexity index is 1120. The van der Waals surface area contributed by atoms with Gasteiger partial charge in [-0.25, -0.2) is 9.97 Å². The quantitative estimate of drug-likeness (QED) is 0.442. The lowest BCUT2D eigenvalue weighted by molar-refractivity contribution is 0.283. The first-order chi connectivity index (χ1) is 13.9. The Kier molecular flexibility index (Phi) is 7.32. The largest absolute Gasteiger partial charge is 0.450 e. The van der Waals surface area contributed by atoms with Crippen LogP contribution >= 0.6 is 24.8 Å². The van der Waals surface area contributed by atoms with Crippen LogP contribution in [0.5, 0.6) is 0 Å². The van der Waals surface area contributed by atoms with E-state index in [1.54, 1.807) is 6.33 Å². The van der Waals surface area contributed by atoms with E-state index in [9.17, 15) is 0 Å². The summed E-state index contributed by atoms with van der Waals surface area (Å²) in [5, 5.41) is 1.05. The molecule has 0 bridgehead atoms. The summed E-state index contributed by atoms with van der Waals surface area (Å²) in [6, 6.07) is 18.5. The topological polar surface area (TPSA) is 45.4 Å². The number of piperazine rings is 1. The summed E-state index contributed by atoms with van der Waals surface area (Å²) in [5.41, 5.74) is 3.80. The van der Waals surface area contributed by atoms with E-state index in [4.69, 9.17) is 4.42 Å². The molecule has 1 aliphatic rings. The van der Waals surface area contributed by atoms with E-state index in [1.165, 1.54) is 5.56 Å². The van der Waals surface area contributed by atoms with Gasteiger partial charge in [0.1, 0.15) is 17.4 Å². The maximum absolute atomic E-state index is 6.09. The predicted octanol–water partition coefficient (Wildman–Crippen LogP) is 5.06. The summed E-state index contributed by atoms with van der Waals surface area (Å²) in [5.74, 6) is 0.903. The Balaban J connectivity index is 0.00000128. The summed E-state index contributed by atoms with van der Waals surface area (Å²) in [6.45, 7) is 4.84. The van der Waals surface area contributed by atoms with Crippen molar-refractivity contribution in [3.63, 3.8) is 0 Å². The minimum absolute atomic E-state index is 0. The zero-order chi connectivity index (χ0) is 18.8. The van der Waals surface area contributed by atoms with Crippen LogP contribution < -0.4 is 4.90 Å². The second-order valence-corrected chi connectivity index (χ2v) is 7.07. The fourth-order valence-electron chi connectivity index (χ4n) is 3.78. The van der Waals surface area contributed by atoms with Gasteiger partial charge in [-0.3, -0.25) is 4.90 Å². The molecule has 0 saturated carbocycles. The van der Waals surface area contributed by atoms with E-state index in [0.717, 1.165) is 60.6 Å². The highest BCUT2D eigenvalue weighted by Gasteiger charge is 2.22. The van der Waals surface area contributed by atoms with Gasteiger partial charge >= 0.3 is 0 Å². The minimum Gasteiger partial charge on any atom is -0.450 e. The van der Waals surface area contributed by atoms with Gasteiger partial charge in [0.25, 0.3) is 0 Å². The van der Waals surface area contributed by atoms with E-state index < -0.39 is 0 Å². The van der Waals surface area contributed by atoms with Crippen molar-refractivity contribution in [1.82, 2.24) is 14.9 Å². The third-order valence-corrected chi connectivity index (χ3v) is 5.28. The van der Waals surface area contributed by atoms with Crippen molar-refractivity contribution in [3.8, 4) is 0 Å². The first-order valence-electron chi connectivity index (χ1n) is 9.69. The van der Waals surface area contributed by atoms with E-state index >= 15 is 0 Å². The molecule has 0 amide bonds. The molecule has 0 aliphatic carbocycles. The monoisotopic (exact) mass is 442 g/mol. The van der Waals surface area contributed by atoms with Gasteiger partial charge in [0, 0.05) is 38.1 Å². The molecular formula is C23H24Cl2N4O. The van der Waals surface area contributed by atoms with Gasteiger partial charge in [-0.1, -0.05) is 54.6 Å². The first-order valence-corrected chi connectivity index (χ1v) is 9.69. The fraction of sp³-hybridized carbons (Fsp3) is 0.217. The molecule has 5 rings (SSSR count). The molecule has 4 aromatic rings. The maximum atomic E-state index is 6.09. The van der Waals surface area contributed by atoms with Crippen molar-refractivity contribution in [2.75, 3.05) is 37.6 Å². The third kappa shape index (κ3) is 4.43. The Morgan fingerprint density at radius 2 is 1.60 bits per heavy atom. The lowest BCUT2D eigenvalue weighted by Crippen LogP contribution is -2.46. The van der Waals surface area contributed by atoms with Gasteiger partial charge in [-0.05, 0) is 17.7 Å². The van der Waals surface area contributed by atoms with Crippen molar-refractivity contribution >= 4 is 58.8 Å². The highest BCUT2D eigenvalue weighted by atomic mass is 35.5. The zero-order valence-electron chi connectivity index (χ0n) is 16.5. The SMILES string of the molecule is C(=C\c1ccccc1)/CN1CCN(c2ncnc3c2oc2ccccc23)CC1.Cl.Cl. The number of hydrogen-bond acceptors (Lipinski definition) is 5. The van der Waals surface area contributed by atoms with Crippen LogP contribution in [-0.4, -0.2) is 47.6 Å². The summed E-state index contributed by atoms with van der Waals surface area (Å²) in [4.78, 5) is 13.8. The number of hydrogen-bond donors (Lipinski definition) is 0. The highest BCUT2D eigenvalue weighted by molar-refractivity contribution is 6.05. The molecule has 0 N–H and O–H groups in total. The van der Waals surface area contributed by atoms with Gasteiger partial charge < -0.3 is 9.32 Å². The van der Waals surface area contributed by atoms with Crippen LogP contribution in [0, 0.1) is 0 Å². The third-order valence-electron chi connectivity index (χ3n) is 5.28. The summed E-state index contributed by atoms with van der Waals surface area (Å²) >= 11 is 0. The van der Waals surface area contributed by atoms with Gasteiger partial charge in [0.15, 0.2) is 11.4 Å². The van der Waals surface area contributed by atoms with Gasteiger partial charge in [0.2, 0.25) is 0 Å². The molecule has 30 heavy (non-hydrogen) atoms. The molecule has 0 spiro atoms. The van der Waals surface area contributed by atoms with Gasteiger partial charge in [-0.15, -0.1) is 24.8 Å². The molecule has 1 aliphatic heterocycles. The molecule has 1 saturated heterocycles. The van der Waals surface area contributed by atoms with Gasteiger partial charge in [-0.2, -0.15) is 0 Å². The fourth-order valence-corrected chi connectivity index (χ4v) is 3.78. The van der Waals surface area contributed by atoms with Crippen molar-refractivity contribution in [1.29, 1.82) is 0 Å². The van der Waals surface area contributed by atoms with E-state index in [-0.39, 0.29) is 24.8 Å². The summed E-state index contributed by atoms with van der Waals surface area (Å²) in [6.07, 6.45) is 6.08. The predicted molar refractivity (Wildman–Crippen MR) is 128 cm³/mol. The first kappa shape index (κ1) is 22.1. The number of para-hydroxylation sites is 1. The van der Waals surface area contributed by atoms with Crippen LogP contribution in [0.1, 0.15) is 5.56 Å². The van der Waals surface area contributed by atoms with E-state index in [1.807, 2.05) is 24.3 Å². The highest BCUT2D eigenvalue weighted by Crippen LogP contribution is 2.32. The number of furan rings is 1. The van der Waals surface area contributed by atoms with Crippen molar-refractivity contribution in [2.24, 2.45) is 0 Å². The molecule has 5 nitrogen and oxygen atoms in total. The van der Waals surface area contributed by atoms with E-state index in [0.29, 0.717) is 0 Å². The Hall–Kier alpha value is -2.60. The number of fused-ring (bicyclic) bond motifs is 3. The van der Waals surface area contributed by atoms with Crippen LogP contribution in [0.15, 0.2) is 71.4 Å². The smallest absolute Gasteiger partial charge is 0.196 e. The molecule has 0 radical (unpaired) electrons. The molecule has 156 valence electrons. The van der Waals surface area contributed by atoms with Crippen LogP contribution in [0.2, 0.25) is 0 Å². The number of halogens is 2. The molecule has 7 heteroatoms. The standard InChI is InChI=1S/C23H22N4O.2ClH/c1-2-7-18(8-3-1)9-6-12-26-13-15-27(16-14-26)23-22-21(24-17-25-23)19-10-4-5-11-20(19)28-22;;/h1-11,17H,12-16H2;2*1H/b9-6+;;. The van der Waals surface area contributed by atoms with Gasteiger partial charge in [0.05, 0.1) is 0 Å². The Labute approximate surface area is 188 Å². The average molecular weight is 443 g/mol. The number of aromatic nitrogens is 2. The Morgan fingerprint density at radius 1 is 0.867 bits per heavy atom. The molecular weight excluding hydrogens is 419 g/mol. The van der Waals surface area contributed by atoms with Crippen molar-refractivity contribution in [3.05, 3.63) is 72.6 Å². The number of nitrogens with zero attached hydrogens (tertiary/aromatic N) is 4. The van der Waals surface area contributed by atoms with Crippen molar-refractivity contribution < 1.29 is 4.42 Å². The Morgan fingerprint density at radius 3 is 2.40 bits per heavy atom. The zero-order valence-corrected chi connectivity index (χ0v) is 18.1. The lowest BCUT2D eigenvalue weighted by atomic mass is 10.2. The maximum Gasteiger partial charge on any atom is 0.196 e. The lowest BCUT2D eigenvalue weighted by Gasteiger charge is -2.34.